The fourth-order valence-electron chi connectivity index (χ4n) is 3.82. The van der Waals surface area contributed by atoms with Gasteiger partial charge < -0.3 is 14.2 Å². The van der Waals surface area contributed by atoms with Crippen molar-refractivity contribution in [2.75, 3.05) is 18.1 Å². The molecule has 0 saturated carbocycles. The van der Waals surface area contributed by atoms with Crippen molar-refractivity contribution in [2.24, 2.45) is 0 Å². The van der Waals surface area contributed by atoms with Crippen LogP contribution in [0.1, 0.15) is 35.0 Å². The third-order valence-electron chi connectivity index (χ3n) is 5.56. The van der Waals surface area contributed by atoms with Crippen LogP contribution in [0.25, 0.3) is 11.3 Å². The third kappa shape index (κ3) is 5.02. The largest absolute Gasteiger partial charge is 0.494 e. The summed E-state index contributed by atoms with van der Waals surface area (Å²) < 4.78 is 35.1. The van der Waals surface area contributed by atoms with E-state index < -0.39 is 9.84 Å². The standard InChI is InChI=1S/C24H26N2O5S/c1-3-30-21-10-8-19(9-11-21)23-14-22(25-31-23)24(27)26(20-12-13-32(28,29)16-20)15-18-6-4-17(2)5-7-18/h4-11,14,20H,3,12-13,15-16H2,1-2H3/t20-/m1/s1. The molecule has 1 aromatic heterocycles. The van der Waals surface area contributed by atoms with E-state index in [0.29, 0.717) is 25.3 Å². The third-order valence-corrected chi connectivity index (χ3v) is 7.31. The summed E-state index contributed by atoms with van der Waals surface area (Å²) in [5.41, 5.74) is 2.98. The Morgan fingerprint density at radius 1 is 1.16 bits per heavy atom. The molecule has 0 unspecified atom stereocenters. The van der Waals surface area contributed by atoms with Gasteiger partial charge in [-0.3, -0.25) is 4.79 Å². The first-order chi connectivity index (χ1) is 15.3. The quantitative estimate of drug-likeness (QED) is 0.538. The van der Waals surface area contributed by atoms with Gasteiger partial charge in [0.15, 0.2) is 21.3 Å². The number of ether oxygens (including phenoxy) is 1. The molecule has 1 atom stereocenters. The predicted octanol–water partition coefficient (Wildman–Crippen LogP) is 3.88. The second-order valence-electron chi connectivity index (χ2n) is 8.01. The van der Waals surface area contributed by atoms with Gasteiger partial charge in [-0.25, -0.2) is 8.42 Å². The van der Waals surface area contributed by atoms with Gasteiger partial charge in [0.1, 0.15) is 5.75 Å². The zero-order valence-electron chi connectivity index (χ0n) is 18.2. The Kier molecular flexibility index (Phi) is 6.32. The lowest BCUT2D eigenvalue weighted by Gasteiger charge is -2.27. The van der Waals surface area contributed by atoms with Crippen molar-refractivity contribution in [1.82, 2.24) is 10.1 Å². The van der Waals surface area contributed by atoms with E-state index in [4.69, 9.17) is 9.26 Å². The first kappa shape index (κ1) is 22.1. The Morgan fingerprint density at radius 3 is 2.50 bits per heavy atom. The topological polar surface area (TPSA) is 89.7 Å². The average molecular weight is 455 g/mol. The molecule has 0 N–H and O–H groups in total. The van der Waals surface area contributed by atoms with Crippen LogP contribution in [0.4, 0.5) is 0 Å². The van der Waals surface area contributed by atoms with Crippen LogP contribution < -0.4 is 4.74 Å². The van der Waals surface area contributed by atoms with Crippen molar-refractivity contribution < 1.29 is 22.5 Å². The Bertz CT molecular complexity index is 1180. The van der Waals surface area contributed by atoms with Crippen LogP contribution in [0.3, 0.4) is 0 Å². The Balaban J connectivity index is 1.58. The van der Waals surface area contributed by atoms with Crippen LogP contribution in [-0.2, 0) is 16.4 Å². The Hall–Kier alpha value is -3.13. The molecule has 168 valence electrons. The van der Waals surface area contributed by atoms with E-state index in [-0.39, 0.29) is 29.1 Å². The maximum Gasteiger partial charge on any atom is 0.276 e. The highest BCUT2D eigenvalue weighted by Gasteiger charge is 2.36. The highest BCUT2D eigenvalue weighted by Crippen LogP contribution is 2.26. The van der Waals surface area contributed by atoms with Crippen LogP contribution in [0.2, 0.25) is 0 Å². The van der Waals surface area contributed by atoms with Crippen LogP contribution in [0, 0.1) is 6.92 Å². The molecule has 1 amide bonds. The summed E-state index contributed by atoms with van der Waals surface area (Å²) in [5.74, 6) is 0.929. The van der Waals surface area contributed by atoms with Crippen LogP contribution in [-0.4, -0.2) is 48.5 Å². The normalized spacial score (nSPS) is 17.2. The second kappa shape index (κ2) is 9.16. The molecule has 8 heteroatoms. The monoisotopic (exact) mass is 454 g/mol. The van der Waals surface area contributed by atoms with E-state index in [1.54, 1.807) is 11.0 Å². The maximum absolute atomic E-state index is 13.4. The lowest BCUT2D eigenvalue weighted by atomic mass is 10.1. The van der Waals surface area contributed by atoms with Gasteiger partial charge in [-0.05, 0) is 50.1 Å². The molecule has 4 rings (SSSR count). The first-order valence-electron chi connectivity index (χ1n) is 10.6. The van der Waals surface area contributed by atoms with Gasteiger partial charge in [0, 0.05) is 24.2 Å². The summed E-state index contributed by atoms with van der Waals surface area (Å²) >= 11 is 0. The van der Waals surface area contributed by atoms with Crippen LogP contribution in [0.15, 0.2) is 59.1 Å². The molecule has 0 bridgehead atoms. The molecule has 1 aliphatic heterocycles. The molecule has 0 spiro atoms. The number of carbonyl (C=O) groups is 1. The van der Waals surface area contributed by atoms with E-state index in [1.165, 1.54) is 0 Å². The molecule has 0 aliphatic carbocycles. The zero-order valence-corrected chi connectivity index (χ0v) is 19.0. The summed E-state index contributed by atoms with van der Waals surface area (Å²) in [6, 6.07) is 16.4. The number of aryl methyl sites for hydroxylation is 1. The second-order valence-corrected chi connectivity index (χ2v) is 10.2. The number of aromatic nitrogens is 1. The number of hydrogen-bond acceptors (Lipinski definition) is 6. The van der Waals surface area contributed by atoms with Gasteiger partial charge in [-0.1, -0.05) is 35.0 Å². The van der Waals surface area contributed by atoms with Crippen molar-refractivity contribution in [3.63, 3.8) is 0 Å². The van der Waals surface area contributed by atoms with E-state index >= 15 is 0 Å². The summed E-state index contributed by atoms with van der Waals surface area (Å²) in [5, 5.41) is 3.99. The Labute approximate surface area is 187 Å². The van der Waals surface area contributed by atoms with Gasteiger partial charge in [-0.2, -0.15) is 0 Å². The molecule has 2 heterocycles. The molecule has 1 saturated heterocycles. The number of nitrogens with zero attached hydrogens (tertiary/aromatic N) is 2. The van der Waals surface area contributed by atoms with Crippen molar-refractivity contribution in [3.05, 3.63) is 71.4 Å². The Morgan fingerprint density at radius 2 is 1.88 bits per heavy atom. The summed E-state index contributed by atoms with van der Waals surface area (Å²) in [7, 11) is -3.15. The molecule has 1 aliphatic rings. The average Bonchev–Trinajstić information content (AvgIpc) is 3.40. The van der Waals surface area contributed by atoms with Crippen molar-refractivity contribution in [3.8, 4) is 17.1 Å². The lowest BCUT2D eigenvalue weighted by Crippen LogP contribution is -2.40. The molecular weight excluding hydrogens is 428 g/mol. The minimum Gasteiger partial charge on any atom is -0.494 e. The first-order valence-corrected chi connectivity index (χ1v) is 12.4. The number of carbonyl (C=O) groups excluding carboxylic acids is 1. The van der Waals surface area contributed by atoms with E-state index in [0.717, 1.165) is 22.4 Å². The zero-order chi connectivity index (χ0) is 22.7. The lowest BCUT2D eigenvalue weighted by molar-refractivity contribution is 0.0670. The summed E-state index contributed by atoms with van der Waals surface area (Å²) in [4.78, 5) is 15.0. The fourth-order valence-corrected chi connectivity index (χ4v) is 5.55. The summed E-state index contributed by atoms with van der Waals surface area (Å²) in [6.07, 6.45) is 0.420. The number of amides is 1. The molecule has 3 aromatic rings. The smallest absolute Gasteiger partial charge is 0.276 e. The minimum absolute atomic E-state index is 0.0335. The van der Waals surface area contributed by atoms with Gasteiger partial charge in [0.2, 0.25) is 0 Å². The molecule has 0 radical (unpaired) electrons. The number of rotatable bonds is 7. The van der Waals surface area contributed by atoms with Crippen LogP contribution in [0.5, 0.6) is 5.75 Å². The molecule has 1 fully saturated rings. The van der Waals surface area contributed by atoms with Crippen LogP contribution >= 0.6 is 0 Å². The molecule has 2 aromatic carbocycles. The van der Waals surface area contributed by atoms with Gasteiger partial charge in [0.05, 0.1) is 18.1 Å². The fraction of sp³-hybridized carbons (Fsp3) is 0.333. The van der Waals surface area contributed by atoms with E-state index in [2.05, 4.69) is 5.16 Å². The molecule has 32 heavy (non-hydrogen) atoms. The van der Waals surface area contributed by atoms with E-state index in [1.807, 2.05) is 62.4 Å². The SMILES string of the molecule is CCOc1ccc(-c2cc(C(=O)N(Cc3ccc(C)cc3)[C@@H]3CCS(=O)(=O)C3)no2)cc1. The highest BCUT2D eigenvalue weighted by molar-refractivity contribution is 7.91. The minimum atomic E-state index is -3.15. The number of benzene rings is 2. The van der Waals surface area contributed by atoms with Gasteiger partial charge in [-0.15, -0.1) is 0 Å². The maximum atomic E-state index is 13.4. The van der Waals surface area contributed by atoms with Crippen molar-refractivity contribution >= 4 is 15.7 Å². The number of hydrogen-bond donors (Lipinski definition) is 0. The van der Waals surface area contributed by atoms with Gasteiger partial charge in [0.25, 0.3) is 5.91 Å². The molecule has 7 nitrogen and oxygen atoms in total. The number of sulfone groups is 1. The predicted molar refractivity (Wildman–Crippen MR) is 121 cm³/mol. The summed E-state index contributed by atoms with van der Waals surface area (Å²) in [6.45, 7) is 4.80. The van der Waals surface area contributed by atoms with Crippen molar-refractivity contribution in [1.29, 1.82) is 0 Å². The molecular formula is C24H26N2O5S. The van der Waals surface area contributed by atoms with Gasteiger partial charge >= 0.3 is 0 Å². The van der Waals surface area contributed by atoms with Crippen molar-refractivity contribution in [2.45, 2.75) is 32.9 Å². The highest BCUT2D eigenvalue weighted by atomic mass is 32.2. The van der Waals surface area contributed by atoms with E-state index in [9.17, 15) is 13.2 Å².